The largest absolute Gasteiger partial charge is 0.469 e. The normalized spacial score (nSPS) is 27.8. The zero-order chi connectivity index (χ0) is 17.2. The fourth-order valence-electron chi connectivity index (χ4n) is 4.42. The first-order valence-electron chi connectivity index (χ1n) is 9.85. The summed E-state index contributed by atoms with van der Waals surface area (Å²) in [7, 11) is 0. The topological polar surface area (TPSA) is 53.8 Å². The van der Waals surface area contributed by atoms with Gasteiger partial charge in [0.1, 0.15) is 5.76 Å². The van der Waals surface area contributed by atoms with E-state index in [0.717, 1.165) is 64.0 Å². The third-order valence-electron chi connectivity index (χ3n) is 6.09. The monoisotopic (exact) mass is 344 g/mol. The molecule has 3 heterocycles. The second-order valence-corrected chi connectivity index (χ2v) is 7.80. The van der Waals surface area contributed by atoms with Crippen LogP contribution >= 0.6 is 0 Å². The van der Waals surface area contributed by atoms with Crippen LogP contribution in [0.1, 0.15) is 56.6 Å². The second kappa shape index (κ2) is 7.22. The highest BCUT2D eigenvalue weighted by Crippen LogP contribution is 2.48. The quantitative estimate of drug-likeness (QED) is 0.847. The van der Waals surface area contributed by atoms with E-state index < -0.39 is 0 Å². The molecule has 2 amide bonds. The van der Waals surface area contributed by atoms with E-state index in [9.17, 15) is 9.59 Å². The highest BCUT2D eigenvalue weighted by atomic mass is 16.3. The Bertz CT molecular complexity index is 596. The van der Waals surface area contributed by atoms with Gasteiger partial charge < -0.3 is 14.2 Å². The Morgan fingerprint density at radius 1 is 0.920 bits per heavy atom. The molecule has 1 saturated carbocycles. The van der Waals surface area contributed by atoms with Crippen molar-refractivity contribution in [2.75, 3.05) is 26.2 Å². The fourth-order valence-corrected chi connectivity index (χ4v) is 4.42. The maximum Gasteiger partial charge on any atom is 0.226 e. The molecule has 5 heteroatoms. The summed E-state index contributed by atoms with van der Waals surface area (Å²) in [5, 5.41) is 0. The van der Waals surface area contributed by atoms with E-state index in [-0.39, 0.29) is 23.7 Å². The van der Waals surface area contributed by atoms with Crippen molar-refractivity contribution < 1.29 is 14.0 Å². The standard InChI is InChI=1S/C20H28N2O3/c23-19(21-9-3-1-2-4-10-21)15-7-11-22(12-8-15)20(24)17-14-16(17)18-6-5-13-25-18/h5-6,13,15-17H,1-4,7-12,14H2. The molecule has 2 atom stereocenters. The molecule has 3 aliphatic rings. The molecule has 5 nitrogen and oxygen atoms in total. The maximum absolute atomic E-state index is 12.7. The number of likely N-dealkylation sites (tertiary alicyclic amines) is 2. The first kappa shape index (κ1) is 16.7. The highest BCUT2D eigenvalue weighted by Gasteiger charge is 2.48. The van der Waals surface area contributed by atoms with Crippen LogP contribution in [0.25, 0.3) is 0 Å². The molecule has 0 spiro atoms. The van der Waals surface area contributed by atoms with Crippen molar-refractivity contribution in [3.8, 4) is 0 Å². The van der Waals surface area contributed by atoms with Crippen molar-refractivity contribution in [2.45, 2.75) is 50.9 Å². The number of furan rings is 1. The number of carbonyl (C=O) groups is 2. The van der Waals surface area contributed by atoms with Gasteiger partial charge in [-0.15, -0.1) is 0 Å². The summed E-state index contributed by atoms with van der Waals surface area (Å²) in [6.45, 7) is 3.30. The van der Waals surface area contributed by atoms with Crippen LogP contribution in [0.3, 0.4) is 0 Å². The predicted molar refractivity (Wildman–Crippen MR) is 93.9 cm³/mol. The summed E-state index contributed by atoms with van der Waals surface area (Å²) in [6.07, 6.45) is 8.98. The molecule has 0 bridgehead atoms. The number of carbonyl (C=O) groups excluding carboxylic acids is 2. The molecule has 2 aliphatic heterocycles. The van der Waals surface area contributed by atoms with Gasteiger partial charge in [-0.05, 0) is 44.2 Å². The molecule has 1 aliphatic carbocycles. The van der Waals surface area contributed by atoms with Gasteiger partial charge in [0, 0.05) is 43.9 Å². The summed E-state index contributed by atoms with van der Waals surface area (Å²) in [5.41, 5.74) is 0. The molecule has 0 N–H and O–H groups in total. The molecule has 4 rings (SSSR count). The minimum absolute atomic E-state index is 0.0870. The second-order valence-electron chi connectivity index (χ2n) is 7.80. The van der Waals surface area contributed by atoms with Gasteiger partial charge in [-0.25, -0.2) is 0 Å². The van der Waals surface area contributed by atoms with E-state index in [0.29, 0.717) is 5.91 Å². The molecular weight excluding hydrogens is 316 g/mol. The Kier molecular flexibility index (Phi) is 4.82. The lowest BCUT2D eigenvalue weighted by Crippen LogP contribution is -2.45. The van der Waals surface area contributed by atoms with Crippen LogP contribution in [0.4, 0.5) is 0 Å². The van der Waals surface area contributed by atoms with Gasteiger partial charge in [0.15, 0.2) is 0 Å². The van der Waals surface area contributed by atoms with Gasteiger partial charge in [-0.2, -0.15) is 0 Å². The van der Waals surface area contributed by atoms with Crippen molar-refractivity contribution in [1.29, 1.82) is 0 Å². The minimum Gasteiger partial charge on any atom is -0.469 e. The third-order valence-corrected chi connectivity index (χ3v) is 6.09. The van der Waals surface area contributed by atoms with Crippen molar-refractivity contribution in [3.05, 3.63) is 24.2 Å². The van der Waals surface area contributed by atoms with Crippen LogP contribution in [-0.2, 0) is 9.59 Å². The predicted octanol–water partition coefficient (Wildman–Crippen LogP) is 3.02. The number of nitrogens with zero attached hydrogens (tertiary/aromatic N) is 2. The van der Waals surface area contributed by atoms with E-state index in [1.807, 2.05) is 17.0 Å². The van der Waals surface area contributed by atoms with E-state index in [2.05, 4.69) is 4.90 Å². The van der Waals surface area contributed by atoms with Crippen molar-refractivity contribution in [3.63, 3.8) is 0 Å². The number of hydrogen-bond acceptors (Lipinski definition) is 3. The van der Waals surface area contributed by atoms with Crippen LogP contribution in [0.15, 0.2) is 22.8 Å². The van der Waals surface area contributed by atoms with Gasteiger partial charge >= 0.3 is 0 Å². The number of amides is 2. The van der Waals surface area contributed by atoms with Gasteiger partial charge in [-0.3, -0.25) is 9.59 Å². The van der Waals surface area contributed by atoms with Gasteiger partial charge in [-0.1, -0.05) is 12.8 Å². The van der Waals surface area contributed by atoms with Crippen LogP contribution in [0.2, 0.25) is 0 Å². The van der Waals surface area contributed by atoms with Crippen LogP contribution in [-0.4, -0.2) is 47.8 Å². The molecule has 1 aromatic rings. The Morgan fingerprint density at radius 2 is 1.60 bits per heavy atom. The zero-order valence-electron chi connectivity index (χ0n) is 14.9. The third kappa shape index (κ3) is 3.60. The molecule has 2 unspecified atom stereocenters. The van der Waals surface area contributed by atoms with Gasteiger partial charge in [0.05, 0.1) is 6.26 Å². The van der Waals surface area contributed by atoms with Crippen LogP contribution in [0, 0.1) is 11.8 Å². The molecule has 0 radical (unpaired) electrons. The molecule has 0 aromatic carbocycles. The van der Waals surface area contributed by atoms with E-state index in [1.165, 1.54) is 12.8 Å². The Morgan fingerprint density at radius 3 is 2.24 bits per heavy atom. The van der Waals surface area contributed by atoms with Crippen molar-refractivity contribution in [1.82, 2.24) is 9.80 Å². The molecule has 2 saturated heterocycles. The van der Waals surface area contributed by atoms with E-state index >= 15 is 0 Å². The smallest absolute Gasteiger partial charge is 0.226 e. The summed E-state index contributed by atoms with van der Waals surface area (Å²) < 4.78 is 5.43. The van der Waals surface area contributed by atoms with Crippen LogP contribution in [0.5, 0.6) is 0 Å². The first-order valence-corrected chi connectivity index (χ1v) is 9.85. The fraction of sp³-hybridized carbons (Fsp3) is 0.700. The lowest BCUT2D eigenvalue weighted by atomic mass is 9.94. The SMILES string of the molecule is O=C(C1CCN(C(=O)C2CC2c2ccco2)CC1)N1CCCCCC1. The summed E-state index contributed by atoms with van der Waals surface area (Å²) in [4.78, 5) is 29.5. The zero-order valence-corrected chi connectivity index (χ0v) is 14.9. The van der Waals surface area contributed by atoms with Gasteiger partial charge in [0.25, 0.3) is 0 Å². The molecule has 1 aromatic heterocycles. The highest BCUT2D eigenvalue weighted by molar-refractivity contribution is 5.83. The number of rotatable bonds is 3. The molecular formula is C20H28N2O3. The summed E-state index contributed by atoms with van der Waals surface area (Å²) >= 11 is 0. The summed E-state index contributed by atoms with van der Waals surface area (Å²) in [5.74, 6) is 1.98. The Balaban J connectivity index is 1.27. The lowest BCUT2D eigenvalue weighted by molar-refractivity contribution is -0.141. The van der Waals surface area contributed by atoms with Gasteiger partial charge in [0.2, 0.25) is 11.8 Å². The average Bonchev–Trinajstić information content (AvgIpc) is 3.35. The Hall–Kier alpha value is -1.78. The van der Waals surface area contributed by atoms with E-state index in [4.69, 9.17) is 4.42 Å². The Labute approximate surface area is 149 Å². The number of hydrogen-bond donors (Lipinski definition) is 0. The average molecular weight is 344 g/mol. The van der Waals surface area contributed by atoms with E-state index in [1.54, 1.807) is 6.26 Å². The summed E-state index contributed by atoms with van der Waals surface area (Å²) in [6, 6.07) is 3.85. The van der Waals surface area contributed by atoms with Crippen molar-refractivity contribution in [2.24, 2.45) is 11.8 Å². The number of piperidine rings is 1. The molecule has 25 heavy (non-hydrogen) atoms. The first-order chi connectivity index (χ1) is 12.2. The molecule has 3 fully saturated rings. The van der Waals surface area contributed by atoms with Crippen LogP contribution < -0.4 is 0 Å². The van der Waals surface area contributed by atoms with Crippen molar-refractivity contribution >= 4 is 11.8 Å². The lowest BCUT2D eigenvalue weighted by Gasteiger charge is -2.34. The minimum atomic E-state index is 0.0870. The molecule has 136 valence electrons. The maximum atomic E-state index is 12.7.